The van der Waals surface area contributed by atoms with E-state index in [0.717, 1.165) is 17.7 Å². The fourth-order valence-electron chi connectivity index (χ4n) is 2.81. The minimum absolute atomic E-state index is 0.127. The quantitative estimate of drug-likeness (QED) is 0.682. The van der Waals surface area contributed by atoms with E-state index in [2.05, 4.69) is 16.0 Å². The molecule has 0 unspecified atom stereocenters. The van der Waals surface area contributed by atoms with E-state index < -0.39 is 12.1 Å². The highest BCUT2D eigenvalue weighted by molar-refractivity contribution is 6.04. The Balaban J connectivity index is 1.40. The van der Waals surface area contributed by atoms with Crippen LogP contribution in [0.2, 0.25) is 0 Å². The molecule has 0 aromatic heterocycles. The van der Waals surface area contributed by atoms with E-state index in [9.17, 15) is 14.4 Å². The van der Waals surface area contributed by atoms with Gasteiger partial charge < -0.3 is 15.4 Å². The fraction of sp³-hybridized carbons (Fsp3) is 0.438. The van der Waals surface area contributed by atoms with E-state index in [0.29, 0.717) is 19.6 Å². The van der Waals surface area contributed by atoms with Crippen molar-refractivity contribution in [2.75, 3.05) is 13.2 Å². The number of hydrogen-bond acceptors (Lipinski definition) is 4. The zero-order valence-corrected chi connectivity index (χ0v) is 12.6. The Kier molecular flexibility index (Phi) is 4.45. The number of fused-ring (bicyclic) bond motifs is 1. The van der Waals surface area contributed by atoms with Crippen LogP contribution >= 0.6 is 0 Å². The Bertz CT molecular complexity index is 632. The number of ether oxygens (including phenoxy) is 1. The summed E-state index contributed by atoms with van der Waals surface area (Å²) in [5, 5.41) is 7.49. The second kappa shape index (κ2) is 6.68. The van der Waals surface area contributed by atoms with Crippen LogP contribution < -0.4 is 20.7 Å². The Labute approximate surface area is 133 Å². The minimum atomic E-state index is -0.613. The molecule has 2 atom stereocenters. The molecule has 2 aliphatic heterocycles. The molecule has 2 heterocycles. The molecule has 1 fully saturated rings. The summed E-state index contributed by atoms with van der Waals surface area (Å²) in [4.78, 5) is 34.2. The number of nitrogens with one attached hydrogen (secondary N) is 3. The Morgan fingerprint density at radius 1 is 1.30 bits per heavy atom. The molecule has 1 aromatic carbocycles. The molecule has 4 amide bonds. The van der Waals surface area contributed by atoms with Crippen molar-refractivity contribution in [3.05, 3.63) is 29.8 Å². The van der Waals surface area contributed by atoms with Gasteiger partial charge in [0.25, 0.3) is 5.91 Å². The maximum Gasteiger partial charge on any atom is 0.322 e. The van der Waals surface area contributed by atoms with Gasteiger partial charge in [-0.3, -0.25) is 14.9 Å². The van der Waals surface area contributed by atoms with Gasteiger partial charge in [0.05, 0.1) is 6.61 Å². The standard InChI is InChI=1S/C16H19N3O4/c20-14(6-5-12-15(21)19-16(22)18-12)17-8-10-7-11-3-1-2-4-13(11)23-9-10/h1-4,10,12H,5-9H2,(H,17,20)(H2,18,19,21,22)/t10-,12+/m1/s1. The van der Waals surface area contributed by atoms with Crippen LogP contribution in [0.25, 0.3) is 0 Å². The number of carbonyl (C=O) groups is 3. The second-order valence-corrected chi connectivity index (χ2v) is 5.85. The lowest BCUT2D eigenvalue weighted by atomic mass is 9.96. The van der Waals surface area contributed by atoms with Gasteiger partial charge in [0.1, 0.15) is 11.8 Å². The van der Waals surface area contributed by atoms with Gasteiger partial charge in [0.15, 0.2) is 0 Å². The highest BCUT2D eigenvalue weighted by atomic mass is 16.5. The van der Waals surface area contributed by atoms with Crippen LogP contribution in [-0.4, -0.2) is 37.0 Å². The molecule has 3 rings (SSSR count). The second-order valence-electron chi connectivity index (χ2n) is 5.85. The van der Waals surface area contributed by atoms with Crippen LogP contribution in [0.3, 0.4) is 0 Å². The number of hydrogen-bond donors (Lipinski definition) is 3. The largest absolute Gasteiger partial charge is 0.493 e. The van der Waals surface area contributed by atoms with Gasteiger partial charge in [-0.15, -0.1) is 0 Å². The minimum Gasteiger partial charge on any atom is -0.493 e. The SMILES string of the molecule is O=C(CC[C@@H]1NC(=O)NC1=O)NC[C@@H]1COc2ccccc2C1. The average Bonchev–Trinajstić information content (AvgIpc) is 2.88. The van der Waals surface area contributed by atoms with Gasteiger partial charge in [0.2, 0.25) is 5.91 Å². The zero-order chi connectivity index (χ0) is 16.2. The van der Waals surface area contributed by atoms with Crippen molar-refractivity contribution in [3.8, 4) is 5.75 Å². The number of para-hydroxylation sites is 1. The first kappa shape index (κ1) is 15.3. The zero-order valence-electron chi connectivity index (χ0n) is 12.6. The third kappa shape index (κ3) is 3.80. The van der Waals surface area contributed by atoms with Crippen molar-refractivity contribution in [3.63, 3.8) is 0 Å². The first-order valence-electron chi connectivity index (χ1n) is 7.70. The molecule has 3 N–H and O–H groups in total. The van der Waals surface area contributed by atoms with Crippen LogP contribution in [-0.2, 0) is 16.0 Å². The molecule has 0 aliphatic carbocycles. The maximum absolute atomic E-state index is 11.9. The van der Waals surface area contributed by atoms with E-state index >= 15 is 0 Å². The molecule has 0 spiro atoms. The summed E-state index contributed by atoms with van der Waals surface area (Å²) in [6.45, 7) is 1.12. The molecule has 1 aromatic rings. The Hall–Kier alpha value is -2.57. The van der Waals surface area contributed by atoms with E-state index in [4.69, 9.17) is 4.74 Å². The van der Waals surface area contributed by atoms with Crippen molar-refractivity contribution in [2.24, 2.45) is 5.92 Å². The fourth-order valence-corrected chi connectivity index (χ4v) is 2.81. The van der Waals surface area contributed by atoms with Crippen LogP contribution in [0, 0.1) is 5.92 Å². The first-order chi connectivity index (χ1) is 11.1. The van der Waals surface area contributed by atoms with Crippen LogP contribution in [0.1, 0.15) is 18.4 Å². The highest BCUT2D eigenvalue weighted by Crippen LogP contribution is 2.26. The van der Waals surface area contributed by atoms with Gasteiger partial charge in [0, 0.05) is 18.9 Å². The number of carbonyl (C=O) groups excluding carboxylic acids is 3. The summed E-state index contributed by atoms with van der Waals surface area (Å²) in [6, 6.07) is 6.79. The van der Waals surface area contributed by atoms with Crippen molar-refractivity contribution in [2.45, 2.75) is 25.3 Å². The van der Waals surface area contributed by atoms with Gasteiger partial charge in [-0.1, -0.05) is 18.2 Å². The lowest BCUT2D eigenvalue weighted by Crippen LogP contribution is -2.36. The molecule has 0 radical (unpaired) electrons. The van der Waals surface area contributed by atoms with Crippen LogP contribution in [0.4, 0.5) is 4.79 Å². The third-order valence-electron chi connectivity index (χ3n) is 4.06. The normalized spacial score (nSPS) is 22.6. The summed E-state index contributed by atoms with van der Waals surface area (Å²) in [5.41, 5.74) is 1.16. The number of rotatable bonds is 5. The predicted octanol–water partition coefficient (Wildman–Crippen LogP) is 0.342. The summed E-state index contributed by atoms with van der Waals surface area (Å²) >= 11 is 0. The number of imide groups is 1. The Morgan fingerprint density at radius 2 is 2.13 bits per heavy atom. The average molecular weight is 317 g/mol. The molecule has 0 bridgehead atoms. The van der Waals surface area contributed by atoms with E-state index in [1.54, 1.807) is 0 Å². The summed E-state index contributed by atoms with van der Waals surface area (Å²) in [5.74, 6) is 0.652. The summed E-state index contributed by atoms with van der Waals surface area (Å²) in [7, 11) is 0. The number of urea groups is 1. The monoisotopic (exact) mass is 317 g/mol. The van der Waals surface area contributed by atoms with Gasteiger partial charge in [-0.2, -0.15) is 0 Å². The molecule has 122 valence electrons. The molecule has 7 nitrogen and oxygen atoms in total. The first-order valence-corrected chi connectivity index (χ1v) is 7.70. The summed E-state index contributed by atoms with van der Waals surface area (Å²) < 4.78 is 5.68. The van der Waals surface area contributed by atoms with E-state index in [1.165, 1.54) is 0 Å². The smallest absolute Gasteiger partial charge is 0.322 e. The topological polar surface area (TPSA) is 96.5 Å². The highest BCUT2D eigenvalue weighted by Gasteiger charge is 2.29. The molecule has 0 saturated carbocycles. The van der Waals surface area contributed by atoms with Gasteiger partial charge in [-0.05, 0) is 24.5 Å². The van der Waals surface area contributed by atoms with Crippen molar-refractivity contribution >= 4 is 17.8 Å². The van der Waals surface area contributed by atoms with Crippen molar-refractivity contribution in [1.82, 2.24) is 16.0 Å². The molecule has 23 heavy (non-hydrogen) atoms. The molecule has 7 heteroatoms. The van der Waals surface area contributed by atoms with E-state index in [-0.39, 0.29) is 24.2 Å². The maximum atomic E-state index is 11.9. The number of benzene rings is 1. The molecule has 2 aliphatic rings. The van der Waals surface area contributed by atoms with Crippen LogP contribution in [0.15, 0.2) is 24.3 Å². The predicted molar refractivity (Wildman–Crippen MR) is 81.8 cm³/mol. The number of amides is 4. The van der Waals surface area contributed by atoms with Crippen molar-refractivity contribution < 1.29 is 19.1 Å². The lowest BCUT2D eigenvalue weighted by molar-refractivity contribution is -0.122. The molecular formula is C16H19N3O4. The Morgan fingerprint density at radius 3 is 2.91 bits per heavy atom. The van der Waals surface area contributed by atoms with E-state index in [1.807, 2.05) is 24.3 Å². The van der Waals surface area contributed by atoms with Gasteiger partial charge >= 0.3 is 6.03 Å². The van der Waals surface area contributed by atoms with Crippen LogP contribution in [0.5, 0.6) is 5.75 Å². The third-order valence-corrected chi connectivity index (χ3v) is 4.06. The molecular weight excluding hydrogens is 298 g/mol. The van der Waals surface area contributed by atoms with Gasteiger partial charge in [-0.25, -0.2) is 4.79 Å². The summed E-state index contributed by atoms with van der Waals surface area (Å²) in [6.07, 6.45) is 1.37. The lowest BCUT2D eigenvalue weighted by Gasteiger charge is -2.25. The molecule has 1 saturated heterocycles. The van der Waals surface area contributed by atoms with Crippen molar-refractivity contribution in [1.29, 1.82) is 0 Å².